The molecule has 118 valence electrons. The maximum atomic E-state index is 4.76. The predicted octanol–water partition coefficient (Wildman–Crippen LogP) is 3.82. The molecule has 24 heavy (non-hydrogen) atoms. The van der Waals surface area contributed by atoms with Gasteiger partial charge in [0.05, 0.1) is 11.2 Å². The third-order valence-electron chi connectivity index (χ3n) is 4.21. The van der Waals surface area contributed by atoms with E-state index in [1.807, 2.05) is 31.3 Å². The van der Waals surface area contributed by atoms with Gasteiger partial charge in [-0.2, -0.15) is 0 Å². The number of hydrogen-bond donors (Lipinski definition) is 0. The number of imidazole rings is 1. The molecule has 0 radical (unpaired) electrons. The Morgan fingerprint density at radius 1 is 0.875 bits per heavy atom. The summed E-state index contributed by atoms with van der Waals surface area (Å²) in [6.07, 6.45) is 7.41. The molecule has 0 bridgehead atoms. The highest BCUT2D eigenvalue weighted by Crippen LogP contribution is 2.18. The highest BCUT2D eigenvalue weighted by molar-refractivity contribution is 5.78. The van der Waals surface area contributed by atoms with Gasteiger partial charge in [-0.3, -0.25) is 9.97 Å². The number of aryl methyl sites for hydroxylation is 3. The first-order chi connectivity index (χ1) is 11.8. The minimum atomic E-state index is 0.868. The Labute approximate surface area is 140 Å². The van der Waals surface area contributed by atoms with E-state index in [0.29, 0.717) is 0 Å². The molecule has 0 saturated heterocycles. The molecule has 0 aliphatic carbocycles. The van der Waals surface area contributed by atoms with Crippen LogP contribution < -0.4 is 0 Å². The number of rotatable bonds is 4. The molecule has 4 nitrogen and oxygen atoms in total. The van der Waals surface area contributed by atoms with E-state index in [1.165, 1.54) is 5.39 Å². The van der Waals surface area contributed by atoms with Crippen molar-refractivity contribution in [1.82, 2.24) is 19.5 Å². The van der Waals surface area contributed by atoms with Crippen LogP contribution in [0.15, 0.2) is 67.1 Å². The number of hydrogen-bond acceptors (Lipinski definition) is 3. The van der Waals surface area contributed by atoms with Crippen molar-refractivity contribution in [2.24, 2.45) is 7.05 Å². The van der Waals surface area contributed by atoms with Crippen LogP contribution in [0.1, 0.15) is 11.5 Å². The van der Waals surface area contributed by atoms with Gasteiger partial charge in [-0.05, 0) is 30.7 Å². The summed E-state index contributed by atoms with van der Waals surface area (Å²) < 4.78 is 2.09. The number of nitrogens with zero attached hydrogens (tertiary/aromatic N) is 4. The number of para-hydroxylation sites is 1. The zero-order chi connectivity index (χ0) is 16.4. The second kappa shape index (κ2) is 6.24. The normalized spacial score (nSPS) is 11.0. The summed E-state index contributed by atoms with van der Waals surface area (Å²) in [6, 6.07) is 16.4. The second-order valence-corrected chi connectivity index (χ2v) is 5.88. The van der Waals surface area contributed by atoms with E-state index >= 15 is 0 Å². The van der Waals surface area contributed by atoms with E-state index in [0.717, 1.165) is 41.1 Å². The van der Waals surface area contributed by atoms with E-state index in [1.54, 1.807) is 12.4 Å². The highest BCUT2D eigenvalue weighted by atomic mass is 15.0. The Kier molecular flexibility index (Phi) is 3.79. The van der Waals surface area contributed by atoms with Gasteiger partial charge in [0, 0.05) is 48.7 Å². The van der Waals surface area contributed by atoms with Gasteiger partial charge in [0.1, 0.15) is 5.82 Å². The zero-order valence-corrected chi connectivity index (χ0v) is 13.6. The molecule has 0 fully saturated rings. The van der Waals surface area contributed by atoms with Gasteiger partial charge in [-0.15, -0.1) is 0 Å². The van der Waals surface area contributed by atoms with Gasteiger partial charge in [0.25, 0.3) is 0 Å². The largest absolute Gasteiger partial charge is 0.337 e. The van der Waals surface area contributed by atoms with E-state index in [-0.39, 0.29) is 0 Å². The molecule has 3 aromatic heterocycles. The Morgan fingerprint density at radius 2 is 1.71 bits per heavy atom. The minimum absolute atomic E-state index is 0.868. The average molecular weight is 314 g/mol. The fourth-order valence-electron chi connectivity index (χ4n) is 2.89. The first-order valence-electron chi connectivity index (χ1n) is 8.07. The van der Waals surface area contributed by atoms with Crippen LogP contribution in [0, 0.1) is 0 Å². The van der Waals surface area contributed by atoms with Crippen molar-refractivity contribution < 1.29 is 0 Å². The summed E-state index contributed by atoms with van der Waals surface area (Å²) >= 11 is 0. The van der Waals surface area contributed by atoms with Crippen molar-refractivity contribution in [2.75, 3.05) is 0 Å². The molecule has 0 saturated carbocycles. The lowest BCUT2D eigenvalue weighted by atomic mass is 10.1. The fraction of sp³-hybridized carbons (Fsp3) is 0.150. The van der Waals surface area contributed by atoms with E-state index in [9.17, 15) is 0 Å². The molecule has 0 N–H and O–H groups in total. The van der Waals surface area contributed by atoms with Crippen molar-refractivity contribution in [3.8, 4) is 11.3 Å². The standard InChI is InChI=1S/C20H18N4/c1-24-14-19(16-10-12-21-13-11-16)23-20(24)9-8-17-7-6-15-4-2-3-5-18(15)22-17/h2-7,10-14H,8-9H2,1H3. The Balaban J connectivity index is 1.54. The van der Waals surface area contributed by atoms with Crippen LogP contribution in [0.4, 0.5) is 0 Å². The molecule has 4 aromatic rings. The third kappa shape index (κ3) is 2.91. The monoisotopic (exact) mass is 314 g/mol. The topological polar surface area (TPSA) is 43.6 Å². The summed E-state index contributed by atoms with van der Waals surface area (Å²) in [4.78, 5) is 13.6. The summed E-state index contributed by atoms with van der Waals surface area (Å²) in [5.74, 6) is 1.07. The van der Waals surface area contributed by atoms with Crippen molar-refractivity contribution >= 4 is 10.9 Å². The van der Waals surface area contributed by atoms with Gasteiger partial charge in [-0.25, -0.2) is 4.98 Å². The van der Waals surface area contributed by atoms with Crippen molar-refractivity contribution in [3.63, 3.8) is 0 Å². The predicted molar refractivity (Wildman–Crippen MR) is 95.6 cm³/mol. The van der Waals surface area contributed by atoms with Gasteiger partial charge in [-0.1, -0.05) is 24.3 Å². The van der Waals surface area contributed by atoms with Gasteiger partial charge in [0.2, 0.25) is 0 Å². The van der Waals surface area contributed by atoms with Crippen LogP contribution in [0.5, 0.6) is 0 Å². The number of fused-ring (bicyclic) bond motifs is 1. The summed E-state index contributed by atoms with van der Waals surface area (Å²) in [5.41, 5.74) is 4.23. The first-order valence-corrected chi connectivity index (χ1v) is 8.07. The zero-order valence-electron chi connectivity index (χ0n) is 13.6. The third-order valence-corrected chi connectivity index (χ3v) is 4.21. The molecule has 0 unspecified atom stereocenters. The van der Waals surface area contributed by atoms with Crippen LogP contribution in [-0.4, -0.2) is 19.5 Å². The van der Waals surface area contributed by atoms with E-state index in [2.05, 4.69) is 40.0 Å². The van der Waals surface area contributed by atoms with Crippen LogP contribution in [0.25, 0.3) is 22.2 Å². The maximum absolute atomic E-state index is 4.76. The number of aromatic nitrogens is 4. The molecule has 1 aromatic carbocycles. The molecular weight excluding hydrogens is 296 g/mol. The molecule has 4 rings (SSSR count). The van der Waals surface area contributed by atoms with E-state index < -0.39 is 0 Å². The first kappa shape index (κ1) is 14.6. The average Bonchev–Trinajstić information content (AvgIpc) is 3.01. The van der Waals surface area contributed by atoms with Crippen molar-refractivity contribution in [1.29, 1.82) is 0 Å². The molecular formula is C20H18N4. The molecule has 0 aliphatic heterocycles. The molecule has 0 aliphatic rings. The lowest BCUT2D eigenvalue weighted by Gasteiger charge is -2.03. The smallest absolute Gasteiger partial charge is 0.109 e. The Morgan fingerprint density at radius 3 is 2.58 bits per heavy atom. The van der Waals surface area contributed by atoms with Gasteiger partial charge >= 0.3 is 0 Å². The van der Waals surface area contributed by atoms with Crippen LogP contribution in [-0.2, 0) is 19.9 Å². The number of benzene rings is 1. The summed E-state index contributed by atoms with van der Waals surface area (Å²) in [6.45, 7) is 0. The lowest BCUT2D eigenvalue weighted by Crippen LogP contribution is -2.01. The molecule has 4 heteroatoms. The fourth-order valence-corrected chi connectivity index (χ4v) is 2.89. The quantitative estimate of drug-likeness (QED) is 0.575. The second-order valence-electron chi connectivity index (χ2n) is 5.88. The van der Waals surface area contributed by atoms with Crippen LogP contribution in [0.2, 0.25) is 0 Å². The molecule has 0 spiro atoms. The SMILES string of the molecule is Cn1cc(-c2ccncc2)nc1CCc1ccc2ccccc2n1. The lowest BCUT2D eigenvalue weighted by molar-refractivity contribution is 0.763. The Bertz CT molecular complexity index is 973. The van der Waals surface area contributed by atoms with Crippen molar-refractivity contribution in [2.45, 2.75) is 12.8 Å². The van der Waals surface area contributed by atoms with Crippen LogP contribution in [0.3, 0.4) is 0 Å². The van der Waals surface area contributed by atoms with Crippen molar-refractivity contribution in [3.05, 3.63) is 78.6 Å². The maximum Gasteiger partial charge on any atom is 0.109 e. The van der Waals surface area contributed by atoms with Gasteiger partial charge < -0.3 is 4.57 Å². The minimum Gasteiger partial charge on any atom is -0.337 e. The molecule has 3 heterocycles. The van der Waals surface area contributed by atoms with E-state index in [4.69, 9.17) is 9.97 Å². The van der Waals surface area contributed by atoms with Gasteiger partial charge in [0.15, 0.2) is 0 Å². The summed E-state index contributed by atoms with van der Waals surface area (Å²) in [5, 5.41) is 1.18. The van der Waals surface area contributed by atoms with Crippen LogP contribution >= 0.6 is 0 Å². The Hall–Kier alpha value is -3.01. The number of pyridine rings is 2. The molecule has 0 amide bonds. The summed E-state index contributed by atoms with van der Waals surface area (Å²) in [7, 11) is 2.04. The highest BCUT2D eigenvalue weighted by Gasteiger charge is 2.08. The molecule has 0 atom stereocenters.